The number of hydrogen-bond acceptors (Lipinski definition) is 4. The van der Waals surface area contributed by atoms with Gasteiger partial charge >= 0.3 is 6.03 Å². The van der Waals surface area contributed by atoms with Crippen LogP contribution in [0.2, 0.25) is 5.02 Å². The molecule has 1 atom stereocenters. The van der Waals surface area contributed by atoms with E-state index >= 15 is 0 Å². The van der Waals surface area contributed by atoms with E-state index < -0.39 is 9.84 Å². The van der Waals surface area contributed by atoms with Gasteiger partial charge in [0.05, 0.1) is 16.5 Å². The van der Waals surface area contributed by atoms with Gasteiger partial charge in [0, 0.05) is 19.3 Å². The highest BCUT2D eigenvalue weighted by atomic mass is 35.5. The molecule has 1 aliphatic heterocycles. The number of urea groups is 1. The largest absolute Gasteiger partial charge is 0.323 e. The number of carbonyl (C=O) groups excluding carboxylic acids is 1. The Morgan fingerprint density at radius 3 is 2.90 bits per heavy atom. The first-order valence-corrected chi connectivity index (χ1v) is 8.43. The lowest BCUT2D eigenvalue weighted by molar-refractivity contribution is 0.209. The molecule has 0 radical (unpaired) electrons. The van der Waals surface area contributed by atoms with Crippen LogP contribution in [0.4, 0.5) is 10.6 Å². The number of pyridine rings is 1. The highest BCUT2D eigenvalue weighted by Gasteiger charge is 2.27. The molecule has 20 heavy (non-hydrogen) atoms. The van der Waals surface area contributed by atoms with E-state index in [1.165, 1.54) is 11.1 Å². The number of nitrogens with zero attached hydrogens (tertiary/aromatic N) is 2. The molecule has 0 aromatic carbocycles. The van der Waals surface area contributed by atoms with Crippen molar-refractivity contribution >= 4 is 33.3 Å². The van der Waals surface area contributed by atoms with E-state index in [0.29, 0.717) is 17.4 Å². The fourth-order valence-corrected chi connectivity index (χ4v) is 3.86. The summed E-state index contributed by atoms with van der Waals surface area (Å²) in [5.74, 6) is 0.431. The number of nitrogens with one attached hydrogen (secondary N) is 1. The number of aromatic nitrogens is 1. The van der Waals surface area contributed by atoms with Gasteiger partial charge in [-0.25, -0.2) is 18.2 Å². The van der Waals surface area contributed by atoms with Crippen molar-refractivity contribution in [1.82, 2.24) is 9.88 Å². The number of anilines is 1. The molecule has 2 rings (SSSR count). The number of carbonyl (C=O) groups is 1. The second kappa shape index (κ2) is 5.97. The summed E-state index contributed by atoms with van der Waals surface area (Å²) in [5, 5.41) is 3.12. The maximum atomic E-state index is 12.1. The predicted molar refractivity (Wildman–Crippen MR) is 77.7 cm³/mol. The average Bonchev–Trinajstić information content (AvgIpc) is 2.49. The van der Waals surface area contributed by atoms with Crippen molar-refractivity contribution in [2.45, 2.75) is 6.92 Å². The molecule has 1 aromatic rings. The summed E-state index contributed by atoms with van der Waals surface area (Å²) in [7, 11) is -3.07. The first-order valence-electron chi connectivity index (χ1n) is 6.23. The van der Waals surface area contributed by atoms with E-state index in [2.05, 4.69) is 10.3 Å². The topological polar surface area (TPSA) is 79.4 Å². The number of amides is 2. The molecule has 0 aliphatic carbocycles. The number of hydrogen-bond donors (Lipinski definition) is 1. The fourth-order valence-electron chi connectivity index (χ4n) is 2.11. The molecule has 8 heteroatoms. The molecule has 2 heterocycles. The molecule has 2 amide bonds. The Bertz CT molecular complexity index is 588. The third-order valence-electron chi connectivity index (χ3n) is 2.99. The van der Waals surface area contributed by atoms with E-state index in [9.17, 15) is 13.2 Å². The zero-order chi connectivity index (χ0) is 14.8. The zero-order valence-corrected chi connectivity index (χ0v) is 12.6. The van der Waals surface area contributed by atoms with E-state index in [4.69, 9.17) is 11.6 Å². The summed E-state index contributed by atoms with van der Waals surface area (Å²) >= 11 is 5.72. The average molecular weight is 318 g/mol. The van der Waals surface area contributed by atoms with Crippen molar-refractivity contribution in [2.24, 2.45) is 5.92 Å². The Kier molecular flexibility index (Phi) is 4.49. The zero-order valence-electron chi connectivity index (χ0n) is 11.0. The Labute approximate surface area is 123 Å². The molecular formula is C12H16ClN3O3S. The molecule has 1 N–H and O–H groups in total. The van der Waals surface area contributed by atoms with Gasteiger partial charge in [0.25, 0.3) is 0 Å². The van der Waals surface area contributed by atoms with Crippen LogP contribution in [-0.2, 0) is 9.84 Å². The molecular weight excluding hydrogens is 302 g/mol. The van der Waals surface area contributed by atoms with E-state index in [1.54, 1.807) is 12.1 Å². The summed E-state index contributed by atoms with van der Waals surface area (Å²) < 4.78 is 23.3. The van der Waals surface area contributed by atoms with Crippen LogP contribution in [0.1, 0.15) is 6.92 Å². The van der Waals surface area contributed by atoms with Gasteiger partial charge in [0.15, 0.2) is 9.84 Å². The van der Waals surface area contributed by atoms with Crippen LogP contribution in [0, 0.1) is 5.92 Å². The second-order valence-electron chi connectivity index (χ2n) is 4.96. The van der Waals surface area contributed by atoms with E-state index in [0.717, 1.165) is 0 Å². The van der Waals surface area contributed by atoms with Gasteiger partial charge in [0.1, 0.15) is 5.82 Å². The van der Waals surface area contributed by atoms with Gasteiger partial charge in [-0.2, -0.15) is 0 Å². The van der Waals surface area contributed by atoms with Crippen molar-refractivity contribution < 1.29 is 13.2 Å². The molecule has 110 valence electrons. The monoisotopic (exact) mass is 317 g/mol. The van der Waals surface area contributed by atoms with Crippen LogP contribution in [0.5, 0.6) is 0 Å². The summed E-state index contributed by atoms with van der Waals surface area (Å²) in [6.07, 6.45) is 1.44. The maximum absolute atomic E-state index is 12.1. The Morgan fingerprint density at radius 2 is 2.25 bits per heavy atom. The summed E-state index contributed by atoms with van der Waals surface area (Å²) in [6.45, 7) is 2.44. The minimum atomic E-state index is -3.07. The molecule has 1 unspecified atom stereocenters. The second-order valence-corrected chi connectivity index (χ2v) is 7.62. The Morgan fingerprint density at radius 1 is 1.50 bits per heavy atom. The lowest BCUT2D eigenvalue weighted by Crippen LogP contribution is -2.38. The highest BCUT2D eigenvalue weighted by molar-refractivity contribution is 7.91. The SMILES string of the molecule is CC1CN(C(=O)Nc2ccc(Cl)cn2)CCS(=O)(=O)C1. The minimum absolute atomic E-state index is 0.00118. The molecule has 6 nitrogen and oxygen atoms in total. The fraction of sp³-hybridized carbons (Fsp3) is 0.500. The van der Waals surface area contributed by atoms with Crippen molar-refractivity contribution in [3.05, 3.63) is 23.4 Å². The van der Waals surface area contributed by atoms with Gasteiger partial charge in [0.2, 0.25) is 0 Å². The van der Waals surface area contributed by atoms with Crippen molar-refractivity contribution in [3.8, 4) is 0 Å². The van der Waals surface area contributed by atoms with Crippen LogP contribution < -0.4 is 5.32 Å². The van der Waals surface area contributed by atoms with Gasteiger partial charge in [-0.15, -0.1) is 0 Å². The number of halogens is 1. The van der Waals surface area contributed by atoms with Crippen molar-refractivity contribution in [1.29, 1.82) is 0 Å². The first kappa shape index (κ1) is 15.1. The third-order valence-corrected chi connectivity index (χ3v) is 5.10. The van der Waals surface area contributed by atoms with Crippen molar-refractivity contribution in [3.63, 3.8) is 0 Å². The van der Waals surface area contributed by atoms with Crippen LogP contribution in [0.3, 0.4) is 0 Å². The van der Waals surface area contributed by atoms with Gasteiger partial charge in [-0.3, -0.25) is 5.32 Å². The minimum Gasteiger partial charge on any atom is -0.323 e. The highest BCUT2D eigenvalue weighted by Crippen LogP contribution is 2.14. The lowest BCUT2D eigenvalue weighted by Gasteiger charge is -2.22. The number of rotatable bonds is 1. The van der Waals surface area contributed by atoms with E-state index in [-0.39, 0.29) is 30.0 Å². The Hall–Kier alpha value is -1.34. The summed E-state index contributed by atoms with van der Waals surface area (Å²) in [5.41, 5.74) is 0. The first-order chi connectivity index (χ1) is 9.35. The van der Waals surface area contributed by atoms with Crippen LogP contribution >= 0.6 is 11.6 Å². The molecule has 0 bridgehead atoms. The standard InChI is InChI=1S/C12H16ClN3O3S/c1-9-7-16(4-5-20(18,19)8-9)12(17)15-11-3-2-10(13)6-14-11/h2-3,6,9H,4-5,7-8H2,1H3,(H,14,15,17). The Balaban J connectivity index is 2.03. The predicted octanol–water partition coefficient (Wildman–Crippen LogP) is 1.63. The van der Waals surface area contributed by atoms with Gasteiger partial charge in [-0.05, 0) is 18.1 Å². The van der Waals surface area contributed by atoms with Crippen LogP contribution in [0.25, 0.3) is 0 Å². The molecule has 1 aromatic heterocycles. The maximum Gasteiger partial charge on any atom is 0.323 e. The molecule has 1 saturated heterocycles. The molecule has 1 aliphatic rings. The molecule has 1 fully saturated rings. The molecule has 0 saturated carbocycles. The van der Waals surface area contributed by atoms with Gasteiger partial charge in [-0.1, -0.05) is 18.5 Å². The normalized spacial score (nSPS) is 22.1. The third kappa shape index (κ3) is 4.08. The number of sulfone groups is 1. The van der Waals surface area contributed by atoms with Crippen molar-refractivity contribution in [2.75, 3.05) is 29.9 Å². The quantitative estimate of drug-likeness (QED) is 0.854. The van der Waals surface area contributed by atoms with E-state index in [1.807, 2.05) is 6.92 Å². The summed E-state index contributed by atoms with van der Waals surface area (Å²) in [4.78, 5) is 17.6. The van der Waals surface area contributed by atoms with Crippen LogP contribution in [-0.4, -0.2) is 48.9 Å². The summed E-state index contributed by atoms with van der Waals surface area (Å²) in [6, 6.07) is 2.88. The van der Waals surface area contributed by atoms with Crippen LogP contribution in [0.15, 0.2) is 18.3 Å². The molecule has 0 spiro atoms. The smallest absolute Gasteiger partial charge is 0.323 e. The lowest BCUT2D eigenvalue weighted by atomic mass is 10.2. The van der Waals surface area contributed by atoms with Gasteiger partial charge < -0.3 is 4.90 Å².